The van der Waals surface area contributed by atoms with Crippen LogP contribution in [0.15, 0.2) is 30.3 Å². The molecule has 2 heterocycles. The molecule has 1 atom stereocenters. The van der Waals surface area contributed by atoms with Crippen molar-refractivity contribution in [3.05, 3.63) is 35.9 Å². The van der Waals surface area contributed by atoms with Gasteiger partial charge in [-0.3, -0.25) is 9.59 Å². The smallest absolute Gasteiger partial charge is 0.225 e. The molecule has 0 spiro atoms. The van der Waals surface area contributed by atoms with Crippen LogP contribution in [-0.4, -0.2) is 49.1 Å². The SMILES string of the molecule is O=C(NCC1(c2ccccc2)CCOCC1)[C@@H]1CC(=O)N(C2CCCC2)C1. The molecular formula is C22H30N2O3. The van der Waals surface area contributed by atoms with Gasteiger partial charge < -0.3 is 15.0 Å². The maximum Gasteiger partial charge on any atom is 0.225 e. The van der Waals surface area contributed by atoms with Gasteiger partial charge in [0, 0.05) is 44.2 Å². The number of carbonyl (C=O) groups excluding carboxylic acids is 2. The second kappa shape index (κ2) is 8.01. The Kier molecular flexibility index (Phi) is 5.48. The third kappa shape index (κ3) is 3.88. The first-order chi connectivity index (χ1) is 13.2. The minimum Gasteiger partial charge on any atom is -0.381 e. The van der Waals surface area contributed by atoms with Crippen LogP contribution in [0.1, 0.15) is 50.5 Å². The fourth-order valence-corrected chi connectivity index (χ4v) is 5.00. The van der Waals surface area contributed by atoms with Crippen LogP contribution >= 0.6 is 0 Å². The highest BCUT2D eigenvalue weighted by Crippen LogP contribution is 2.35. The summed E-state index contributed by atoms with van der Waals surface area (Å²) >= 11 is 0. The summed E-state index contributed by atoms with van der Waals surface area (Å²) in [5.41, 5.74) is 1.20. The summed E-state index contributed by atoms with van der Waals surface area (Å²) in [7, 11) is 0. The summed E-state index contributed by atoms with van der Waals surface area (Å²) in [6.45, 7) is 2.66. The van der Waals surface area contributed by atoms with Crippen LogP contribution in [0.5, 0.6) is 0 Å². The zero-order valence-corrected chi connectivity index (χ0v) is 16.0. The van der Waals surface area contributed by atoms with E-state index in [1.165, 1.54) is 18.4 Å². The molecule has 0 radical (unpaired) electrons. The van der Waals surface area contributed by atoms with Crippen LogP contribution in [0.25, 0.3) is 0 Å². The zero-order chi connectivity index (χ0) is 18.7. The van der Waals surface area contributed by atoms with Crippen molar-refractivity contribution in [1.82, 2.24) is 10.2 Å². The van der Waals surface area contributed by atoms with Crippen molar-refractivity contribution in [2.24, 2.45) is 5.92 Å². The molecule has 5 heteroatoms. The van der Waals surface area contributed by atoms with Gasteiger partial charge in [-0.25, -0.2) is 0 Å². The highest BCUT2D eigenvalue weighted by molar-refractivity contribution is 5.89. The number of rotatable bonds is 5. The molecule has 3 aliphatic rings. The molecule has 1 saturated carbocycles. The fourth-order valence-electron chi connectivity index (χ4n) is 5.00. The molecule has 1 aromatic rings. The lowest BCUT2D eigenvalue weighted by molar-refractivity contribution is -0.130. The highest BCUT2D eigenvalue weighted by Gasteiger charge is 2.40. The van der Waals surface area contributed by atoms with Crippen LogP contribution in [-0.2, 0) is 19.7 Å². The normalized spacial score (nSPS) is 25.7. The van der Waals surface area contributed by atoms with Crippen LogP contribution in [0.4, 0.5) is 0 Å². The van der Waals surface area contributed by atoms with E-state index in [0.29, 0.717) is 25.6 Å². The second-order valence-electron chi connectivity index (χ2n) is 8.36. The lowest BCUT2D eigenvalue weighted by atomic mass is 9.74. The van der Waals surface area contributed by atoms with Crippen LogP contribution < -0.4 is 5.32 Å². The van der Waals surface area contributed by atoms with E-state index in [2.05, 4.69) is 29.6 Å². The molecule has 4 rings (SSSR count). The Labute approximate surface area is 161 Å². The maximum absolute atomic E-state index is 12.8. The van der Waals surface area contributed by atoms with Gasteiger partial charge in [-0.1, -0.05) is 43.2 Å². The van der Waals surface area contributed by atoms with Crippen molar-refractivity contribution in [2.75, 3.05) is 26.3 Å². The van der Waals surface area contributed by atoms with E-state index in [0.717, 1.165) is 38.9 Å². The number of amides is 2. The molecule has 0 unspecified atom stereocenters. The molecule has 3 fully saturated rings. The number of hydrogen-bond acceptors (Lipinski definition) is 3. The van der Waals surface area contributed by atoms with E-state index in [1.54, 1.807) is 0 Å². The first-order valence-electron chi connectivity index (χ1n) is 10.4. The summed E-state index contributed by atoms with van der Waals surface area (Å²) in [5.74, 6) is -0.0118. The topological polar surface area (TPSA) is 58.6 Å². The Hall–Kier alpha value is -1.88. The number of ether oxygens (including phenoxy) is 1. The van der Waals surface area contributed by atoms with Gasteiger partial charge in [-0.05, 0) is 31.2 Å². The zero-order valence-electron chi connectivity index (χ0n) is 16.0. The van der Waals surface area contributed by atoms with Crippen molar-refractivity contribution in [3.63, 3.8) is 0 Å². The van der Waals surface area contributed by atoms with Crippen molar-refractivity contribution in [2.45, 2.75) is 56.4 Å². The molecular weight excluding hydrogens is 340 g/mol. The standard InChI is InChI=1S/C22H30N2O3/c25-20-14-17(15-24(20)19-8-4-5-9-19)21(26)23-16-22(10-12-27-13-11-22)18-6-2-1-3-7-18/h1-3,6-7,17,19H,4-5,8-16H2,(H,23,26)/t17-/m1/s1. The van der Waals surface area contributed by atoms with E-state index < -0.39 is 0 Å². The van der Waals surface area contributed by atoms with Gasteiger partial charge in [0.25, 0.3) is 0 Å². The van der Waals surface area contributed by atoms with Gasteiger partial charge in [0.1, 0.15) is 0 Å². The minimum atomic E-state index is -0.203. The molecule has 5 nitrogen and oxygen atoms in total. The van der Waals surface area contributed by atoms with Gasteiger partial charge in [0.2, 0.25) is 11.8 Å². The summed E-state index contributed by atoms with van der Waals surface area (Å²) in [4.78, 5) is 27.2. The number of benzene rings is 1. The predicted molar refractivity (Wildman–Crippen MR) is 103 cm³/mol. The monoisotopic (exact) mass is 370 g/mol. The van der Waals surface area contributed by atoms with Gasteiger partial charge in [-0.15, -0.1) is 0 Å². The average Bonchev–Trinajstić information content (AvgIpc) is 3.37. The van der Waals surface area contributed by atoms with Crippen molar-refractivity contribution in [1.29, 1.82) is 0 Å². The van der Waals surface area contributed by atoms with E-state index >= 15 is 0 Å². The average molecular weight is 370 g/mol. The first kappa shape index (κ1) is 18.5. The van der Waals surface area contributed by atoms with Gasteiger partial charge in [-0.2, -0.15) is 0 Å². The third-order valence-corrected chi connectivity index (χ3v) is 6.73. The molecule has 2 saturated heterocycles. The minimum absolute atomic E-state index is 0.0330. The highest BCUT2D eigenvalue weighted by atomic mass is 16.5. The van der Waals surface area contributed by atoms with Gasteiger partial charge >= 0.3 is 0 Å². The number of likely N-dealkylation sites (tertiary alicyclic amines) is 1. The van der Waals surface area contributed by atoms with Crippen LogP contribution in [0.3, 0.4) is 0 Å². The van der Waals surface area contributed by atoms with Crippen molar-refractivity contribution >= 4 is 11.8 Å². The van der Waals surface area contributed by atoms with Crippen LogP contribution in [0, 0.1) is 5.92 Å². The number of carbonyl (C=O) groups is 2. The van der Waals surface area contributed by atoms with Crippen molar-refractivity contribution in [3.8, 4) is 0 Å². The third-order valence-electron chi connectivity index (χ3n) is 6.73. The Morgan fingerprint density at radius 1 is 1.15 bits per heavy atom. The number of hydrogen-bond donors (Lipinski definition) is 1. The lowest BCUT2D eigenvalue weighted by Gasteiger charge is -2.38. The largest absolute Gasteiger partial charge is 0.381 e. The van der Waals surface area contributed by atoms with E-state index in [-0.39, 0.29) is 23.1 Å². The molecule has 27 heavy (non-hydrogen) atoms. The second-order valence-corrected chi connectivity index (χ2v) is 8.36. The summed E-state index contributed by atoms with van der Waals surface area (Å²) in [6, 6.07) is 10.8. The summed E-state index contributed by atoms with van der Waals surface area (Å²) < 4.78 is 5.57. The Balaban J connectivity index is 1.39. The van der Waals surface area contributed by atoms with E-state index in [1.807, 2.05) is 11.0 Å². The van der Waals surface area contributed by atoms with E-state index in [9.17, 15) is 9.59 Å². The number of nitrogens with zero attached hydrogens (tertiary/aromatic N) is 1. The van der Waals surface area contributed by atoms with E-state index in [4.69, 9.17) is 4.74 Å². The molecule has 2 amide bonds. The summed E-state index contributed by atoms with van der Waals surface area (Å²) in [5, 5.41) is 3.19. The maximum atomic E-state index is 12.8. The molecule has 1 aromatic carbocycles. The summed E-state index contributed by atoms with van der Waals surface area (Å²) in [6.07, 6.45) is 6.78. The quantitative estimate of drug-likeness (QED) is 0.867. The lowest BCUT2D eigenvalue weighted by Crippen LogP contribution is -2.46. The number of nitrogens with one attached hydrogen (secondary N) is 1. The molecule has 146 valence electrons. The van der Waals surface area contributed by atoms with Gasteiger partial charge in [0.05, 0.1) is 5.92 Å². The van der Waals surface area contributed by atoms with Gasteiger partial charge in [0.15, 0.2) is 0 Å². The molecule has 2 aliphatic heterocycles. The predicted octanol–water partition coefficient (Wildman–Crippen LogP) is 2.64. The Morgan fingerprint density at radius 3 is 2.56 bits per heavy atom. The molecule has 0 aromatic heterocycles. The first-order valence-corrected chi connectivity index (χ1v) is 10.4. The molecule has 0 bridgehead atoms. The Bertz CT molecular complexity index is 663. The van der Waals surface area contributed by atoms with Crippen LogP contribution in [0.2, 0.25) is 0 Å². The molecule has 1 aliphatic carbocycles. The Morgan fingerprint density at radius 2 is 1.85 bits per heavy atom. The van der Waals surface area contributed by atoms with Crippen molar-refractivity contribution < 1.29 is 14.3 Å². The fraction of sp³-hybridized carbons (Fsp3) is 0.636. The molecule has 1 N–H and O–H groups in total.